The second kappa shape index (κ2) is 10.4. The van der Waals surface area contributed by atoms with Crippen LogP contribution in [-0.4, -0.2) is 42.0 Å². The lowest BCUT2D eigenvalue weighted by Gasteiger charge is -2.28. The molecule has 0 fully saturated rings. The minimum absolute atomic E-state index is 0.0414. The van der Waals surface area contributed by atoms with Crippen molar-refractivity contribution in [1.29, 1.82) is 0 Å². The summed E-state index contributed by atoms with van der Waals surface area (Å²) in [4.78, 5) is 37.0. The highest BCUT2D eigenvalue weighted by atomic mass is 16.5. The Kier molecular flexibility index (Phi) is 9.70. The van der Waals surface area contributed by atoms with Gasteiger partial charge in [0.05, 0.1) is 12.1 Å². The van der Waals surface area contributed by atoms with Crippen LogP contribution in [0.25, 0.3) is 0 Å². The molecule has 0 unspecified atom stereocenters. The lowest BCUT2D eigenvalue weighted by Crippen LogP contribution is -2.58. The highest BCUT2D eigenvalue weighted by Crippen LogP contribution is 2.09. The zero-order chi connectivity index (χ0) is 19.9. The maximum atomic E-state index is 12.6. The number of nitrogens with two attached hydrogens (primary N) is 1. The van der Waals surface area contributed by atoms with Crippen LogP contribution in [0.1, 0.15) is 55.4 Å². The summed E-state index contributed by atoms with van der Waals surface area (Å²) in [6, 6.07) is -2.24. The Balaban J connectivity index is 5.13. The summed E-state index contributed by atoms with van der Waals surface area (Å²) in [5.41, 5.74) is 5.84. The van der Waals surface area contributed by atoms with Crippen molar-refractivity contribution in [1.82, 2.24) is 10.6 Å². The molecule has 0 aliphatic heterocycles. The quantitative estimate of drug-likeness (QED) is 0.537. The number of hydrogen-bond acceptors (Lipinski definition) is 5. The van der Waals surface area contributed by atoms with Crippen LogP contribution in [-0.2, 0) is 19.1 Å². The van der Waals surface area contributed by atoms with E-state index >= 15 is 0 Å². The molecule has 0 heterocycles. The van der Waals surface area contributed by atoms with Crippen LogP contribution < -0.4 is 16.4 Å². The fourth-order valence-electron chi connectivity index (χ4n) is 2.13. The molecule has 0 saturated heterocycles. The lowest BCUT2D eigenvalue weighted by atomic mass is 9.98. The van der Waals surface area contributed by atoms with E-state index in [2.05, 4.69) is 10.6 Å². The Morgan fingerprint density at radius 3 is 1.52 bits per heavy atom. The van der Waals surface area contributed by atoms with Crippen molar-refractivity contribution in [2.24, 2.45) is 23.5 Å². The van der Waals surface area contributed by atoms with E-state index in [9.17, 15) is 14.4 Å². The third kappa shape index (κ3) is 7.86. The van der Waals surface area contributed by atoms with E-state index in [0.717, 1.165) is 0 Å². The fraction of sp³-hybridized carbons (Fsp3) is 0.833. The van der Waals surface area contributed by atoms with Crippen molar-refractivity contribution >= 4 is 17.8 Å². The van der Waals surface area contributed by atoms with Crippen LogP contribution in [0.5, 0.6) is 0 Å². The van der Waals surface area contributed by atoms with Gasteiger partial charge in [-0.1, -0.05) is 41.5 Å². The summed E-state index contributed by atoms with van der Waals surface area (Å²) in [5.74, 6) is -1.62. The van der Waals surface area contributed by atoms with Crippen LogP contribution in [0.3, 0.4) is 0 Å². The van der Waals surface area contributed by atoms with Crippen LogP contribution >= 0.6 is 0 Å². The molecule has 0 bridgehead atoms. The molecule has 0 aromatic carbocycles. The number of hydrogen-bond donors (Lipinski definition) is 3. The Hall–Kier alpha value is -1.63. The van der Waals surface area contributed by atoms with Gasteiger partial charge >= 0.3 is 5.97 Å². The summed E-state index contributed by atoms with van der Waals surface area (Å²) < 4.78 is 5.20. The fourth-order valence-corrected chi connectivity index (χ4v) is 2.13. The van der Waals surface area contributed by atoms with E-state index in [0.29, 0.717) is 0 Å². The van der Waals surface area contributed by atoms with Crippen molar-refractivity contribution in [3.05, 3.63) is 0 Å². The van der Waals surface area contributed by atoms with Crippen molar-refractivity contribution in [2.45, 2.75) is 79.6 Å². The Morgan fingerprint density at radius 1 is 0.720 bits per heavy atom. The molecule has 7 heteroatoms. The van der Waals surface area contributed by atoms with Gasteiger partial charge < -0.3 is 21.1 Å². The standard InChI is InChI=1S/C18H35N3O4/c1-9(2)13(19)16(22)20-14(10(3)4)17(23)21-15(11(5)6)18(24)25-12(7)8/h9-15H,19H2,1-8H3,(H,20,22)(H,21,23)/t13-,14-,15-/m0/s1. The average Bonchev–Trinajstić information content (AvgIpc) is 2.47. The van der Waals surface area contributed by atoms with Gasteiger partial charge in [-0.05, 0) is 31.6 Å². The summed E-state index contributed by atoms with van der Waals surface area (Å²) in [5, 5.41) is 5.40. The molecule has 146 valence electrons. The van der Waals surface area contributed by atoms with Gasteiger partial charge in [0.15, 0.2) is 0 Å². The van der Waals surface area contributed by atoms with Gasteiger partial charge in [-0.15, -0.1) is 0 Å². The van der Waals surface area contributed by atoms with E-state index < -0.39 is 30.0 Å². The van der Waals surface area contributed by atoms with Gasteiger partial charge in [-0.25, -0.2) is 4.79 Å². The van der Waals surface area contributed by atoms with Crippen molar-refractivity contribution < 1.29 is 19.1 Å². The number of rotatable bonds is 9. The average molecular weight is 357 g/mol. The van der Waals surface area contributed by atoms with Crippen LogP contribution in [0.15, 0.2) is 0 Å². The maximum Gasteiger partial charge on any atom is 0.329 e. The van der Waals surface area contributed by atoms with Gasteiger partial charge in [0.1, 0.15) is 12.1 Å². The molecule has 0 saturated carbocycles. The molecule has 2 amide bonds. The SMILES string of the molecule is CC(C)OC(=O)[C@@H](NC(=O)[C@@H](NC(=O)[C@@H](N)C(C)C)C(C)C)C(C)C. The molecule has 7 nitrogen and oxygen atoms in total. The van der Waals surface area contributed by atoms with E-state index in [1.54, 1.807) is 13.8 Å². The number of carbonyl (C=O) groups is 3. The molecule has 0 aromatic rings. The van der Waals surface area contributed by atoms with Gasteiger partial charge in [0.25, 0.3) is 0 Å². The van der Waals surface area contributed by atoms with Crippen molar-refractivity contribution in [3.63, 3.8) is 0 Å². The zero-order valence-corrected chi connectivity index (χ0v) is 16.8. The van der Waals surface area contributed by atoms with E-state index in [1.807, 2.05) is 41.5 Å². The first-order chi connectivity index (χ1) is 11.4. The minimum Gasteiger partial charge on any atom is -0.461 e. The third-order valence-corrected chi connectivity index (χ3v) is 3.84. The second-order valence-electron chi connectivity index (χ2n) is 7.72. The van der Waals surface area contributed by atoms with Crippen molar-refractivity contribution in [3.8, 4) is 0 Å². The predicted molar refractivity (Wildman–Crippen MR) is 97.6 cm³/mol. The van der Waals surface area contributed by atoms with E-state index in [4.69, 9.17) is 10.5 Å². The molecule has 0 rings (SSSR count). The molecule has 0 aliphatic carbocycles. The zero-order valence-electron chi connectivity index (χ0n) is 16.8. The van der Waals surface area contributed by atoms with E-state index in [-0.39, 0.29) is 29.8 Å². The summed E-state index contributed by atoms with van der Waals surface area (Å²) in [7, 11) is 0. The Bertz CT molecular complexity index is 461. The van der Waals surface area contributed by atoms with Crippen LogP contribution in [0.4, 0.5) is 0 Å². The molecule has 4 N–H and O–H groups in total. The number of esters is 1. The van der Waals surface area contributed by atoms with Crippen LogP contribution in [0.2, 0.25) is 0 Å². The number of carbonyl (C=O) groups excluding carboxylic acids is 3. The molecule has 0 spiro atoms. The van der Waals surface area contributed by atoms with E-state index in [1.165, 1.54) is 0 Å². The molecular weight excluding hydrogens is 322 g/mol. The smallest absolute Gasteiger partial charge is 0.329 e. The largest absolute Gasteiger partial charge is 0.461 e. The summed E-state index contributed by atoms with van der Waals surface area (Å²) in [6.07, 6.45) is -0.268. The second-order valence-corrected chi connectivity index (χ2v) is 7.72. The summed E-state index contributed by atoms with van der Waals surface area (Å²) in [6.45, 7) is 14.5. The van der Waals surface area contributed by atoms with Gasteiger partial charge in [0.2, 0.25) is 11.8 Å². The molecule has 25 heavy (non-hydrogen) atoms. The molecule has 3 atom stereocenters. The number of amides is 2. The summed E-state index contributed by atoms with van der Waals surface area (Å²) >= 11 is 0. The molecule has 0 aromatic heterocycles. The highest BCUT2D eigenvalue weighted by molar-refractivity contribution is 5.92. The number of nitrogens with one attached hydrogen (secondary N) is 2. The van der Waals surface area contributed by atoms with Crippen LogP contribution in [0, 0.1) is 17.8 Å². The molecule has 0 radical (unpaired) electrons. The normalized spacial score (nSPS) is 15.2. The first-order valence-electron chi connectivity index (χ1n) is 8.95. The molecular formula is C18H35N3O4. The monoisotopic (exact) mass is 357 g/mol. The first kappa shape index (κ1) is 23.4. The topological polar surface area (TPSA) is 111 Å². The van der Waals surface area contributed by atoms with Gasteiger partial charge in [-0.2, -0.15) is 0 Å². The van der Waals surface area contributed by atoms with Gasteiger partial charge in [-0.3, -0.25) is 9.59 Å². The van der Waals surface area contributed by atoms with Gasteiger partial charge in [0, 0.05) is 0 Å². The lowest BCUT2D eigenvalue weighted by molar-refractivity contribution is -0.153. The van der Waals surface area contributed by atoms with Crippen molar-refractivity contribution in [2.75, 3.05) is 0 Å². The highest BCUT2D eigenvalue weighted by Gasteiger charge is 2.32. The minimum atomic E-state index is -0.773. The maximum absolute atomic E-state index is 12.6. The Morgan fingerprint density at radius 2 is 1.16 bits per heavy atom. The first-order valence-corrected chi connectivity index (χ1v) is 8.95. The number of ether oxygens (including phenoxy) is 1. The predicted octanol–water partition coefficient (Wildman–Crippen LogP) is 1.20. The molecule has 0 aliphatic rings. The third-order valence-electron chi connectivity index (χ3n) is 3.84. The Labute approximate surface area is 151 Å².